The number of hydrogen-bond acceptors (Lipinski definition) is 3. The van der Waals surface area contributed by atoms with Crippen molar-refractivity contribution in [3.8, 4) is 0 Å². The van der Waals surface area contributed by atoms with Crippen LogP contribution in [-0.2, 0) is 14.1 Å². The lowest BCUT2D eigenvalue weighted by Gasteiger charge is -2.32. The minimum atomic E-state index is -1.31. The van der Waals surface area contributed by atoms with Crippen LogP contribution in [0.3, 0.4) is 0 Å². The van der Waals surface area contributed by atoms with E-state index in [0.29, 0.717) is 4.47 Å². The highest BCUT2D eigenvalue weighted by molar-refractivity contribution is 9.10. The molecule has 0 saturated carbocycles. The number of amides is 1. The van der Waals surface area contributed by atoms with Gasteiger partial charge < -0.3 is 14.6 Å². The van der Waals surface area contributed by atoms with Crippen LogP contribution in [0.5, 0.6) is 0 Å². The summed E-state index contributed by atoms with van der Waals surface area (Å²) in [4.78, 5) is 12.1. The predicted octanol–water partition coefficient (Wildman–Crippen LogP) is 3.85. The zero-order valence-electron chi connectivity index (χ0n) is 13.1. The van der Waals surface area contributed by atoms with Crippen LogP contribution in [0, 0.1) is 5.82 Å². The van der Waals surface area contributed by atoms with Crippen molar-refractivity contribution in [3.05, 3.63) is 33.7 Å². The van der Waals surface area contributed by atoms with Crippen molar-refractivity contribution in [2.24, 2.45) is 0 Å². The van der Waals surface area contributed by atoms with Crippen LogP contribution in [0.2, 0.25) is 0 Å². The molecule has 1 N–H and O–H groups in total. The minimum absolute atomic E-state index is 0.0418. The first-order valence-corrected chi connectivity index (χ1v) is 7.89. The third-order valence-corrected chi connectivity index (χ3v) is 4.95. The molecule has 0 aromatic heterocycles. The fraction of sp³-hybridized carbons (Fsp3) is 0.400. The Bertz CT molecular complexity index is 732. The molecule has 1 amide bonds. The van der Waals surface area contributed by atoms with Gasteiger partial charge >= 0.3 is 7.12 Å². The number of nitrogens with one attached hydrogen (secondary N) is 1. The van der Waals surface area contributed by atoms with Crippen LogP contribution in [0.25, 0.3) is 5.57 Å². The van der Waals surface area contributed by atoms with E-state index in [1.807, 2.05) is 0 Å². The van der Waals surface area contributed by atoms with Gasteiger partial charge in [0, 0.05) is 10.0 Å². The van der Waals surface area contributed by atoms with Crippen molar-refractivity contribution in [2.75, 3.05) is 5.32 Å². The van der Waals surface area contributed by atoms with Crippen molar-refractivity contribution in [1.29, 1.82) is 0 Å². The first-order chi connectivity index (χ1) is 10.5. The van der Waals surface area contributed by atoms with Crippen LogP contribution >= 0.6 is 15.9 Å². The second-order valence-corrected chi connectivity index (χ2v) is 7.49. The summed E-state index contributed by atoms with van der Waals surface area (Å²) in [5.41, 5.74) is -2.50. The third kappa shape index (κ3) is 2.53. The largest absolute Gasteiger partial charge is 0.526 e. The monoisotopic (exact) mass is 385 g/mol. The van der Waals surface area contributed by atoms with Gasteiger partial charge in [-0.1, -0.05) is 15.9 Å². The number of hydrogen-bond donors (Lipinski definition) is 1. The van der Waals surface area contributed by atoms with E-state index in [0.717, 1.165) is 0 Å². The summed E-state index contributed by atoms with van der Waals surface area (Å²) in [6.07, 6.45) is 0. The van der Waals surface area contributed by atoms with Gasteiger partial charge in [0.15, 0.2) is 0 Å². The molecule has 1 aromatic carbocycles. The topological polar surface area (TPSA) is 47.6 Å². The number of anilines is 1. The molecule has 4 nitrogen and oxygen atoms in total. The molecule has 23 heavy (non-hydrogen) atoms. The minimum Gasteiger partial charge on any atom is -0.398 e. The van der Waals surface area contributed by atoms with Gasteiger partial charge in [-0.3, -0.25) is 4.79 Å². The lowest BCUT2D eigenvalue weighted by atomic mass is 9.83. The summed E-state index contributed by atoms with van der Waals surface area (Å²) < 4.78 is 40.5. The molecule has 1 aromatic rings. The number of carbonyl (C=O) groups excluding carboxylic acids is 1. The number of carbonyl (C=O) groups is 1. The van der Waals surface area contributed by atoms with E-state index < -0.39 is 35.8 Å². The Morgan fingerprint density at radius 1 is 1.22 bits per heavy atom. The van der Waals surface area contributed by atoms with Crippen LogP contribution in [0.4, 0.5) is 14.5 Å². The Morgan fingerprint density at radius 3 is 2.35 bits per heavy atom. The maximum atomic E-state index is 14.9. The Balaban J connectivity index is 2.09. The molecule has 0 radical (unpaired) electrons. The predicted molar refractivity (Wildman–Crippen MR) is 86.8 cm³/mol. The molecule has 1 saturated heterocycles. The quantitative estimate of drug-likeness (QED) is 0.590. The molecule has 122 valence electrons. The van der Waals surface area contributed by atoms with Crippen LogP contribution in [-0.4, -0.2) is 24.2 Å². The fourth-order valence-corrected chi connectivity index (χ4v) is 2.93. The van der Waals surface area contributed by atoms with Crippen LogP contribution in [0.15, 0.2) is 22.3 Å². The molecule has 8 heteroatoms. The summed E-state index contributed by atoms with van der Waals surface area (Å²) in [7, 11) is -1.31. The third-order valence-electron chi connectivity index (χ3n) is 4.49. The summed E-state index contributed by atoms with van der Waals surface area (Å²) in [5.74, 6) is -1.36. The second kappa shape index (κ2) is 5.12. The first kappa shape index (κ1) is 16.6. The number of halogens is 3. The fourth-order valence-electron chi connectivity index (χ4n) is 2.50. The molecular weight excluding hydrogens is 371 g/mol. The molecule has 0 atom stereocenters. The Hall–Kier alpha value is -1.25. The summed E-state index contributed by atoms with van der Waals surface area (Å²) in [6, 6.07) is 2.69. The van der Waals surface area contributed by atoms with E-state index in [1.54, 1.807) is 27.7 Å². The lowest BCUT2D eigenvalue weighted by Crippen LogP contribution is -2.41. The Kier molecular flexibility index (Phi) is 3.70. The summed E-state index contributed by atoms with van der Waals surface area (Å²) in [6.45, 7) is 7.13. The molecule has 1 fully saturated rings. The summed E-state index contributed by atoms with van der Waals surface area (Å²) in [5, 5.41) is 2.35. The molecule has 0 unspecified atom stereocenters. The Morgan fingerprint density at radius 2 is 1.78 bits per heavy atom. The normalized spacial score (nSPS) is 23.8. The van der Waals surface area contributed by atoms with Gasteiger partial charge in [0.2, 0.25) is 0 Å². The average molecular weight is 386 g/mol. The average Bonchev–Trinajstić information content (AvgIpc) is 2.83. The highest BCUT2D eigenvalue weighted by Crippen LogP contribution is 2.43. The van der Waals surface area contributed by atoms with E-state index in [4.69, 9.17) is 9.31 Å². The SMILES string of the molecule is CC1(C)OB(C(F)=C2C(=O)Nc3c(F)cc(Br)cc32)OC1(C)C. The zero-order chi connectivity index (χ0) is 17.2. The smallest absolute Gasteiger partial charge is 0.398 e. The van der Waals surface area contributed by atoms with E-state index in [1.165, 1.54) is 12.1 Å². The van der Waals surface area contributed by atoms with Gasteiger partial charge in [0.05, 0.1) is 22.5 Å². The van der Waals surface area contributed by atoms with Crippen molar-refractivity contribution in [3.63, 3.8) is 0 Å². The molecule has 2 heterocycles. The molecular formula is C15H15BBrF2NO3. The second-order valence-electron chi connectivity index (χ2n) is 6.58. The maximum Gasteiger partial charge on any atom is 0.526 e. The molecule has 0 bridgehead atoms. The van der Waals surface area contributed by atoms with E-state index in [9.17, 15) is 13.6 Å². The van der Waals surface area contributed by atoms with Crippen molar-refractivity contribution in [1.82, 2.24) is 0 Å². The van der Waals surface area contributed by atoms with Gasteiger partial charge in [-0.25, -0.2) is 8.78 Å². The van der Waals surface area contributed by atoms with Crippen molar-refractivity contribution in [2.45, 2.75) is 38.9 Å². The van der Waals surface area contributed by atoms with Gasteiger partial charge in [0.1, 0.15) is 11.5 Å². The van der Waals surface area contributed by atoms with E-state index in [-0.39, 0.29) is 16.8 Å². The van der Waals surface area contributed by atoms with Gasteiger partial charge in [-0.2, -0.15) is 0 Å². The molecule has 2 aliphatic rings. The number of fused-ring (bicyclic) bond motifs is 1. The molecule has 3 rings (SSSR count). The van der Waals surface area contributed by atoms with Crippen molar-refractivity contribution < 1.29 is 22.9 Å². The van der Waals surface area contributed by atoms with Crippen LogP contribution in [0.1, 0.15) is 33.3 Å². The van der Waals surface area contributed by atoms with E-state index >= 15 is 0 Å². The highest BCUT2D eigenvalue weighted by Gasteiger charge is 2.54. The standard InChI is InChI=1S/C15H15BBrF2NO3/c1-14(2)15(3,4)23-16(22-14)12(19)10-8-5-7(17)6-9(18)11(8)20-13(10)21/h5-6H,1-4H3,(H,20,21). The molecule has 0 spiro atoms. The summed E-state index contributed by atoms with van der Waals surface area (Å²) >= 11 is 3.15. The maximum absolute atomic E-state index is 14.9. The Labute approximate surface area is 141 Å². The lowest BCUT2D eigenvalue weighted by molar-refractivity contribution is -0.110. The van der Waals surface area contributed by atoms with Gasteiger partial charge in [-0.05, 0) is 39.8 Å². The van der Waals surface area contributed by atoms with Crippen LogP contribution < -0.4 is 5.32 Å². The molecule has 2 aliphatic heterocycles. The van der Waals surface area contributed by atoms with Gasteiger partial charge in [0.25, 0.3) is 5.91 Å². The van der Waals surface area contributed by atoms with E-state index in [2.05, 4.69) is 21.2 Å². The first-order valence-electron chi connectivity index (χ1n) is 7.09. The van der Waals surface area contributed by atoms with Gasteiger partial charge in [-0.15, -0.1) is 0 Å². The number of benzene rings is 1. The highest BCUT2D eigenvalue weighted by atomic mass is 79.9. The zero-order valence-corrected chi connectivity index (χ0v) is 14.7. The van der Waals surface area contributed by atoms with Crippen molar-refractivity contribution >= 4 is 40.2 Å². The number of rotatable bonds is 1. The molecule has 0 aliphatic carbocycles.